The number of hydrogen-bond donors (Lipinski definition) is 12. The van der Waals surface area contributed by atoms with Crippen molar-refractivity contribution in [1.29, 1.82) is 0 Å². The van der Waals surface area contributed by atoms with E-state index in [1.807, 2.05) is 27.7 Å². The van der Waals surface area contributed by atoms with Gasteiger partial charge >= 0.3 is 0 Å². The van der Waals surface area contributed by atoms with Crippen LogP contribution in [0.15, 0.2) is 24.3 Å². The first-order chi connectivity index (χ1) is 32.3. The summed E-state index contributed by atoms with van der Waals surface area (Å²) in [5.41, 5.74) is -0.687. The van der Waals surface area contributed by atoms with Crippen LogP contribution in [-0.4, -0.2) is 84.4 Å². The van der Waals surface area contributed by atoms with Crippen LogP contribution < -0.4 is 0 Å². The summed E-state index contributed by atoms with van der Waals surface area (Å²) in [6.45, 7) is 8.05. The predicted molar refractivity (Wildman–Crippen MR) is 254 cm³/mol. The molecular formula is C52H68O16. The molecule has 0 heterocycles. The Morgan fingerprint density at radius 3 is 0.676 bits per heavy atom. The highest BCUT2D eigenvalue weighted by atomic mass is 16.3. The van der Waals surface area contributed by atoms with Crippen LogP contribution in [-0.2, 0) is 12.8 Å². The average Bonchev–Trinajstić information content (AvgIpc) is 3.32. The van der Waals surface area contributed by atoms with Crippen molar-refractivity contribution in [3.05, 3.63) is 68.8 Å². The van der Waals surface area contributed by atoms with Crippen LogP contribution in [0.2, 0.25) is 0 Å². The highest BCUT2D eigenvalue weighted by Crippen LogP contribution is 2.47. The van der Waals surface area contributed by atoms with Crippen LogP contribution in [0.4, 0.5) is 0 Å². The highest BCUT2D eigenvalue weighted by Gasteiger charge is 2.27. The minimum absolute atomic E-state index is 0.000979. The second-order valence-corrected chi connectivity index (χ2v) is 17.1. The molecule has 0 fully saturated rings. The molecule has 0 amide bonds. The standard InChI is InChI=1S/C27H36O8.C25H32O8/c1-3-5-7-9-11-20(28)18-14-16(22(30)26(34)24(18)32)13-17-15-19(25(33)27(35)23(17)31)21(29)12-10-8-6-4-2;1-3-5-7-9-18(26)16-12-14(20(28)24(32)22(16)30)11-15-13-17(19(27)10-8-6-4-2)23(31)25(33)21(15)29/h14-15,30-35H,3-13H2,1-2H3;12-13,28-33H,3-11H2,1-2H3. The van der Waals surface area contributed by atoms with Gasteiger partial charge in [0.1, 0.15) is 0 Å². The SMILES string of the molecule is CCCCCC(=O)c1cc(Cc2cc(C(=O)CCCCC)c(O)c(O)c2O)c(O)c(O)c1O.CCCCCCC(=O)c1cc(Cc2cc(C(=O)CCCCCC)c(O)c(O)c2O)c(O)c(O)c1O. The lowest BCUT2D eigenvalue weighted by Gasteiger charge is -2.15. The van der Waals surface area contributed by atoms with Gasteiger partial charge in [-0.05, 0) is 49.9 Å². The molecule has 0 spiro atoms. The van der Waals surface area contributed by atoms with Gasteiger partial charge in [-0.25, -0.2) is 0 Å². The van der Waals surface area contributed by atoms with E-state index < -0.39 is 92.1 Å². The molecule has 372 valence electrons. The Morgan fingerprint density at radius 1 is 0.279 bits per heavy atom. The second kappa shape index (κ2) is 26.5. The topological polar surface area (TPSA) is 311 Å². The molecule has 16 nitrogen and oxygen atoms in total. The fourth-order valence-corrected chi connectivity index (χ4v) is 7.65. The highest BCUT2D eigenvalue weighted by molar-refractivity contribution is 6.02. The Balaban J connectivity index is 0.000000361. The van der Waals surface area contributed by atoms with Crippen molar-refractivity contribution in [2.24, 2.45) is 0 Å². The second-order valence-electron chi connectivity index (χ2n) is 17.1. The summed E-state index contributed by atoms with van der Waals surface area (Å²) < 4.78 is 0. The first-order valence-electron chi connectivity index (χ1n) is 23.5. The summed E-state index contributed by atoms with van der Waals surface area (Å²) in [5, 5.41) is 123. The Kier molecular flexibility index (Phi) is 21.6. The van der Waals surface area contributed by atoms with Gasteiger partial charge in [-0.2, -0.15) is 0 Å². The number of aromatic hydroxyl groups is 12. The van der Waals surface area contributed by atoms with Crippen molar-refractivity contribution < 1.29 is 80.5 Å². The molecule has 0 aliphatic rings. The van der Waals surface area contributed by atoms with Crippen molar-refractivity contribution in [2.45, 2.75) is 156 Å². The molecule has 0 radical (unpaired) electrons. The minimum Gasteiger partial charge on any atom is -0.504 e. The molecule has 4 aromatic carbocycles. The Hall–Kier alpha value is -6.84. The predicted octanol–water partition coefficient (Wildman–Crippen LogP) is 10.9. The van der Waals surface area contributed by atoms with Crippen molar-refractivity contribution in [3.63, 3.8) is 0 Å². The minimum atomic E-state index is -0.871. The Morgan fingerprint density at radius 2 is 0.471 bits per heavy atom. The third-order valence-corrected chi connectivity index (χ3v) is 11.8. The van der Waals surface area contributed by atoms with Gasteiger partial charge in [0.2, 0.25) is 23.0 Å². The zero-order valence-corrected chi connectivity index (χ0v) is 39.5. The molecule has 16 heteroatoms. The Bertz CT molecular complexity index is 2250. The molecule has 0 aromatic heterocycles. The van der Waals surface area contributed by atoms with E-state index in [0.29, 0.717) is 25.7 Å². The molecule has 0 unspecified atom stereocenters. The number of hydrogen-bond acceptors (Lipinski definition) is 16. The fourth-order valence-electron chi connectivity index (χ4n) is 7.65. The number of Topliss-reactive ketones (excluding diaryl/α,β-unsaturated/α-hetero) is 4. The zero-order chi connectivity index (χ0) is 50.8. The molecule has 0 aliphatic heterocycles. The molecule has 0 bridgehead atoms. The van der Waals surface area contributed by atoms with E-state index in [9.17, 15) is 80.5 Å². The largest absolute Gasteiger partial charge is 0.504 e. The average molecular weight is 949 g/mol. The summed E-state index contributed by atoms with van der Waals surface area (Å²) >= 11 is 0. The maximum Gasteiger partial charge on any atom is 0.201 e. The molecule has 0 saturated carbocycles. The number of carbonyl (C=O) groups excluding carboxylic acids is 4. The van der Waals surface area contributed by atoms with Gasteiger partial charge < -0.3 is 61.3 Å². The molecule has 68 heavy (non-hydrogen) atoms. The number of rotatable bonds is 26. The van der Waals surface area contributed by atoms with Crippen molar-refractivity contribution in [1.82, 2.24) is 0 Å². The maximum atomic E-state index is 12.6. The van der Waals surface area contributed by atoms with Gasteiger partial charge in [0, 0.05) is 60.8 Å². The monoisotopic (exact) mass is 948 g/mol. The zero-order valence-electron chi connectivity index (χ0n) is 39.5. The molecule has 12 N–H and O–H groups in total. The van der Waals surface area contributed by atoms with E-state index in [4.69, 9.17) is 0 Å². The molecule has 4 aromatic rings. The van der Waals surface area contributed by atoms with Crippen molar-refractivity contribution in [2.75, 3.05) is 0 Å². The van der Waals surface area contributed by atoms with E-state index in [1.165, 1.54) is 24.3 Å². The summed E-state index contributed by atoms with van der Waals surface area (Å²) in [6, 6.07) is 4.87. The first kappa shape index (κ1) is 55.5. The van der Waals surface area contributed by atoms with Crippen LogP contribution >= 0.6 is 0 Å². The van der Waals surface area contributed by atoms with Crippen LogP contribution in [0.25, 0.3) is 0 Å². The van der Waals surface area contributed by atoms with Crippen molar-refractivity contribution >= 4 is 23.1 Å². The fraction of sp³-hybridized carbons (Fsp3) is 0.462. The number of unbranched alkanes of at least 4 members (excludes halogenated alkanes) is 10. The molecule has 0 saturated heterocycles. The van der Waals surface area contributed by atoms with E-state index in [-0.39, 0.29) is 83.0 Å². The van der Waals surface area contributed by atoms with E-state index in [0.717, 1.165) is 64.2 Å². The van der Waals surface area contributed by atoms with Gasteiger partial charge in [0.25, 0.3) is 0 Å². The summed E-state index contributed by atoms with van der Waals surface area (Å²) in [4.78, 5) is 50.3. The smallest absolute Gasteiger partial charge is 0.201 e. The summed E-state index contributed by atoms with van der Waals surface area (Å²) in [7, 11) is 0. The number of phenolic OH excluding ortho intramolecular Hbond substituents is 12. The third-order valence-electron chi connectivity index (χ3n) is 11.8. The van der Waals surface area contributed by atoms with Gasteiger partial charge in [0.15, 0.2) is 69.1 Å². The summed E-state index contributed by atoms with van der Waals surface area (Å²) in [5.74, 6) is -10.8. The third kappa shape index (κ3) is 14.1. The van der Waals surface area contributed by atoms with E-state index in [2.05, 4.69) is 0 Å². The normalized spacial score (nSPS) is 11.0. The number of phenols is 12. The lowest BCUT2D eigenvalue weighted by molar-refractivity contribution is 0.0967. The lowest BCUT2D eigenvalue weighted by atomic mass is 9.93. The maximum absolute atomic E-state index is 12.6. The molecule has 4 rings (SSSR count). The van der Waals surface area contributed by atoms with Crippen molar-refractivity contribution in [3.8, 4) is 69.0 Å². The molecule has 0 aliphatic carbocycles. The van der Waals surface area contributed by atoms with E-state index >= 15 is 0 Å². The molecule has 0 atom stereocenters. The number of benzene rings is 4. The van der Waals surface area contributed by atoms with Gasteiger partial charge in [-0.3, -0.25) is 19.2 Å². The van der Waals surface area contributed by atoms with Crippen LogP contribution in [0.5, 0.6) is 69.0 Å². The quantitative estimate of drug-likeness (QED) is 0.0158. The summed E-state index contributed by atoms with van der Waals surface area (Å²) in [6.07, 6.45) is 11.5. The van der Waals surface area contributed by atoms with Gasteiger partial charge in [-0.1, -0.05) is 91.9 Å². The van der Waals surface area contributed by atoms with Crippen LogP contribution in [0.1, 0.15) is 207 Å². The number of ketones is 4. The first-order valence-corrected chi connectivity index (χ1v) is 23.5. The Labute approximate surface area is 396 Å². The van der Waals surface area contributed by atoms with Crippen LogP contribution in [0, 0.1) is 0 Å². The van der Waals surface area contributed by atoms with Gasteiger partial charge in [-0.15, -0.1) is 0 Å². The lowest BCUT2D eigenvalue weighted by Crippen LogP contribution is -2.04. The number of carbonyl (C=O) groups is 4. The van der Waals surface area contributed by atoms with E-state index in [1.54, 1.807) is 0 Å². The van der Waals surface area contributed by atoms with Gasteiger partial charge in [0.05, 0.1) is 22.3 Å². The molecular weight excluding hydrogens is 881 g/mol. The van der Waals surface area contributed by atoms with Crippen LogP contribution in [0.3, 0.4) is 0 Å².